The summed E-state index contributed by atoms with van der Waals surface area (Å²) in [6.45, 7) is 1.46. The lowest BCUT2D eigenvalue weighted by Gasteiger charge is -2.15. The summed E-state index contributed by atoms with van der Waals surface area (Å²) in [5.74, 6) is -1.65. The van der Waals surface area contributed by atoms with Gasteiger partial charge < -0.3 is 15.3 Å². The molecule has 0 bridgehead atoms. The molecule has 1 aromatic carbocycles. The molecular formula is C10H11NO6. The lowest BCUT2D eigenvalue weighted by atomic mass is 10.00. The molecule has 0 aliphatic carbocycles. The first kappa shape index (κ1) is 13.1. The van der Waals surface area contributed by atoms with Gasteiger partial charge in [-0.15, -0.1) is 0 Å². The first-order valence-electron chi connectivity index (χ1n) is 4.69. The molecule has 0 amide bonds. The van der Waals surface area contributed by atoms with Crippen LogP contribution in [0.5, 0.6) is 0 Å². The standard InChI is InChI=1S/C10H11NO6/c1-5-3-2-4-6(7(5)11(16)17)8(12)9(13)10(14)15/h2-4,8-9,12-13H,1H3,(H,14,15). The van der Waals surface area contributed by atoms with Crippen LogP contribution in [-0.2, 0) is 4.79 Å². The van der Waals surface area contributed by atoms with Crippen molar-refractivity contribution in [3.63, 3.8) is 0 Å². The van der Waals surface area contributed by atoms with Crippen molar-refractivity contribution < 1.29 is 25.0 Å². The minimum Gasteiger partial charge on any atom is -0.479 e. The summed E-state index contributed by atoms with van der Waals surface area (Å²) in [4.78, 5) is 20.6. The van der Waals surface area contributed by atoms with E-state index in [0.717, 1.165) is 0 Å². The second kappa shape index (κ2) is 4.89. The van der Waals surface area contributed by atoms with Crippen molar-refractivity contribution in [3.8, 4) is 0 Å². The van der Waals surface area contributed by atoms with E-state index in [0.29, 0.717) is 0 Å². The number of aryl methyl sites for hydroxylation is 1. The van der Waals surface area contributed by atoms with Crippen LogP contribution < -0.4 is 0 Å². The van der Waals surface area contributed by atoms with Gasteiger partial charge in [0, 0.05) is 5.56 Å². The van der Waals surface area contributed by atoms with E-state index in [1.54, 1.807) is 0 Å². The summed E-state index contributed by atoms with van der Waals surface area (Å²) in [6, 6.07) is 4.11. The molecule has 0 spiro atoms. The van der Waals surface area contributed by atoms with E-state index in [4.69, 9.17) is 5.11 Å². The van der Waals surface area contributed by atoms with Gasteiger partial charge in [0.1, 0.15) is 6.10 Å². The number of rotatable bonds is 4. The van der Waals surface area contributed by atoms with Crippen LogP contribution in [0.3, 0.4) is 0 Å². The molecule has 0 aliphatic rings. The van der Waals surface area contributed by atoms with Gasteiger partial charge in [-0.1, -0.05) is 12.1 Å². The molecule has 0 saturated heterocycles. The normalized spacial score (nSPS) is 14.1. The highest BCUT2D eigenvalue weighted by Gasteiger charge is 2.31. The van der Waals surface area contributed by atoms with Crippen molar-refractivity contribution in [3.05, 3.63) is 39.4 Å². The Balaban J connectivity index is 3.26. The van der Waals surface area contributed by atoms with E-state index in [2.05, 4.69) is 0 Å². The molecule has 7 heteroatoms. The van der Waals surface area contributed by atoms with E-state index in [9.17, 15) is 25.1 Å². The highest BCUT2D eigenvalue weighted by Crippen LogP contribution is 2.30. The summed E-state index contributed by atoms with van der Waals surface area (Å²) in [7, 11) is 0. The minimum absolute atomic E-state index is 0.218. The second-order valence-corrected chi connectivity index (χ2v) is 3.50. The number of hydrogen-bond acceptors (Lipinski definition) is 5. The van der Waals surface area contributed by atoms with Gasteiger partial charge in [0.2, 0.25) is 0 Å². The van der Waals surface area contributed by atoms with Gasteiger partial charge >= 0.3 is 5.97 Å². The monoisotopic (exact) mass is 241 g/mol. The van der Waals surface area contributed by atoms with Gasteiger partial charge in [0.05, 0.1) is 10.5 Å². The summed E-state index contributed by atoms with van der Waals surface area (Å²) >= 11 is 0. The maximum Gasteiger partial charge on any atom is 0.335 e. The first-order valence-corrected chi connectivity index (χ1v) is 4.69. The Labute approximate surface area is 96.1 Å². The van der Waals surface area contributed by atoms with E-state index in [-0.39, 0.29) is 16.8 Å². The number of aliphatic hydroxyl groups is 2. The van der Waals surface area contributed by atoms with Gasteiger partial charge in [-0.05, 0) is 13.0 Å². The molecule has 0 aromatic heterocycles. The fourth-order valence-electron chi connectivity index (χ4n) is 1.47. The van der Waals surface area contributed by atoms with Crippen LogP contribution >= 0.6 is 0 Å². The third-order valence-corrected chi connectivity index (χ3v) is 2.32. The Kier molecular flexibility index (Phi) is 3.77. The van der Waals surface area contributed by atoms with Crippen molar-refractivity contribution in [2.24, 2.45) is 0 Å². The molecule has 0 heterocycles. The Morgan fingerprint density at radius 3 is 2.47 bits per heavy atom. The zero-order valence-electron chi connectivity index (χ0n) is 8.90. The van der Waals surface area contributed by atoms with Crippen LogP contribution in [-0.4, -0.2) is 32.3 Å². The van der Waals surface area contributed by atoms with Crippen LogP contribution in [0.15, 0.2) is 18.2 Å². The molecule has 92 valence electrons. The zero-order chi connectivity index (χ0) is 13.2. The minimum atomic E-state index is -2.10. The predicted molar refractivity (Wildman–Crippen MR) is 56.4 cm³/mol. The molecule has 0 saturated carbocycles. The first-order chi connectivity index (χ1) is 7.86. The number of aliphatic carboxylic acids is 1. The number of benzene rings is 1. The number of nitrogens with zero attached hydrogens (tertiary/aromatic N) is 1. The lowest BCUT2D eigenvalue weighted by Crippen LogP contribution is -2.28. The Morgan fingerprint density at radius 1 is 1.41 bits per heavy atom. The Morgan fingerprint density at radius 2 is 2.00 bits per heavy atom. The van der Waals surface area contributed by atoms with Crippen molar-refractivity contribution in [1.82, 2.24) is 0 Å². The maximum absolute atomic E-state index is 10.8. The number of carboxylic acid groups (broad SMARTS) is 1. The summed E-state index contributed by atoms with van der Waals surface area (Å²) in [6.07, 6.45) is -3.94. The highest BCUT2D eigenvalue weighted by atomic mass is 16.6. The largest absolute Gasteiger partial charge is 0.479 e. The fraction of sp³-hybridized carbons (Fsp3) is 0.300. The van der Waals surface area contributed by atoms with Crippen molar-refractivity contribution in [2.75, 3.05) is 0 Å². The Hall–Kier alpha value is -1.99. The summed E-state index contributed by atoms with van der Waals surface area (Å²) in [5.41, 5.74) is -0.325. The highest BCUT2D eigenvalue weighted by molar-refractivity contribution is 5.73. The van der Waals surface area contributed by atoms with Gasteiger partial charge in [0.15, 0.2) is 6.10 Å². The second-order valence-electron chi connectivity index (χ2n) is 3.50. The number of para-hydroxylation sites is 1. The van der Waals surface area contributed by atoms with E-state index < -0.39 is 23.1 Å². The number of aliphatic hydroxyl groups excluding tert-OH is 2. The van der Waals surface area contributed by atoms with Crippen LogP contribution in [0.25, 0.3) is 0 Å². The SMILES string of the molecule is Cc1cccc(C(O)C(O)C(=O)O)c1[N+](=O)[O-]. The number of nitro groups is 1. The molecule has 17 heavy (non-hydrogen) atoms. The zero-order valence-corrected chi connectivity index (χ0v) is 8.90. The van der Waals surface area contributed by atoms with Crippen LogP contribution in [0, 0.1) is 17.0 Å². The quantitative estimate of drug-likeness (QED) is 0.517. The molecule has 1 aromatic rings. The molecule has 2 atom stereocenters. The van der Waals surface area contributed by atoms with Gasteiger partial charge in [-0.25, -0.2) is 4.79 Å². The van der Waals surface area contributed by atoms with E-state index in [1.165, 1.54) is 25.1 Å². The van der Waals surface area contributed by atoms with Gasteiger partial charge in [0.25, 0.3) is 5.69 Å². The molecule has 1 rings (SSSR count). The smallest absolute Gasteiger partial charge is 0.335 e. The molecule has 2 unspecified atom stereocenters. The Bertz CT molecular complexity index is 458. The fourth-order valence-corrected chi connectivity index (χ4v) is 1.47. The predicted octanol–water partition coefficient (Wildman–Crippen LogP) is 0.382. The van der Waals surface area contributed by atoms with Gasteiger partial charge in [-0.3, -0.25) is 10.1 Å². The van der Waals surface area contributed by atoms with Crippen molar-refractivity contribution >= 4 is 11.7 Å². The number of nitro benzene ring substituents is 1. The van der Waals surface area contributed by atoms with Crippen LogP contribution in [0.4, 0.5) is 5.69 Å². The number of hydrogen-bond donors (Lipinski definition) is 3. The average molecular weight is 241 g/mol. The molecule has 0 radical (unpaired) electrons. The molecule has 3 N–H and O–H groups in total. The molecule has 7 nitrogen and oxygen atoms in total. The number of carbonyl (C=O) groups is 1. The third kappa shape index (κ3) is 2.58. The average Bonchev–Trinajstić information content (AvgIpc) is 2.25. The van der Waals surface area contributed by atoms with Crippen LogP contribution in [0.2, 0.25) is 0 Å². The third-order valence-electron chi connectivity index (χ3n) is 2.32. The summed E-state index contributed by atoms with van der Waals surface area (Å²) < 4.78 is 0. The van der Waals surface area contributed by atoms with E-state index >= 15 is 0 Å². The maximum atomic E-state index is 10.8. The van der Waals surface area contributed by atoms with Crippen molar-refractivity contribution in [2.45, 2.75) is 19.1 Å². The topological polar surface area (TPSA) is 121 Å². The van der Waals surface area contributed by atoms with Crippen molar-refractivity contribution in [1.29, 1.82) is 0 Å². The van der Waals surface area contributed by atoms with E-state index in [1.807, 2.05) is 0 Å². The van der Waals surface area contributed by atoms with Gasteiger partial charge in [-0.2, -0.15) is 0 Å². The molecule has 0 fully saturated rings. The number of carboxylic acids is 1. The molecule has 0 aliphatic heterocycles. The lowest BCUT2D eigenvalue weighted by molar-refractivity contribution is -0.386. The van der Waals surface area contributed by atoms with Crippen LogP contribution in [0.1, 0.15) is 17.2 Å². The molecular weight excluding hydrogens is 230 g/mol. The summed E-state index contributed by atoms with van der Waals surface area (Å²) in [5, 5.41) is 38.1.